The van der Waals surface area contributed by atoms with Crippen molar-refractivity contribution in [1.82, 2.24) is 15.3 Å². The van der Waals surface area contributed by atoms with Crippen LogP contribution in [0.5, 0.6) is 0 Å². The highest BCUT2D eigenvalue weighted by molar-refractivity contribution is 6.30. The highest BCUT2D eigenvalue weighted by Crippen LogP contribution is 2.17. The molecule has 0 saturated carbocycles. The molecule has 2 rings (SSSR count). The summed E-state index contributed by atoms with van der Waals surface area (Å²) in [5.41, 5.74) is 1.33. The highest BCUT2D eigenvalue weighted by Gasteiger charge is 2.10. The van der Waals surface area contributed by atoms with E-state index >= 15 is 0 Å². The van der Waals surface area contributed by atoms with E-state index < -0.39 is 0 Å². The van der Waals surface area contributed by atoms with Crippen molar-refractivity contribution in [3.63, 3.8) is 0 Å². The first kappa shape index (κ1) is 11.0. The highest BCUT2D eigenvalue weighted by atomic mass is 35.5. The molecule has 2 heterocycles. The molecule has 0 aliphatic rings. The monoisotopic (exact) mass is 237 g/mol. The van der Waals surface area contributed by atoms with Crippen molar-refractivity contribution in [2.24, 2.45) is 0 Å². The van der Waals surface area contributed by atoms with Crippen LogP contribution in [-0.4, -0.2) is 21.9 Å². The van der Waals surface area contributed by atoms with Crippen LogP contribution in [0.15, 0.2) is 18.3 Å². The van der Waals surface area contributed by atoms with Crippen molar-refractivity contribution in [3.05, 3.63) is 29.2 Å². The molecule has 0 spiro atoms. The number of amides is 1. The molecule has 0 aromatic carbocycles. The molecule has 0 fully saturated rings. The molecular weight excluding hydrogens is 226 g/mol. The fourth-order valence-electron chi connectivity index (χ4n) is 1.47. The maximum Gasteiger partial charge on any atom is 0.267 e. The maximum absolute atomic E-state index is 11.7. The summed E-state index contributed by atoms with van der Waals surface area (Å²) >= 11 is 5.77. The largest absolute Gasteiger partial charge is 0.349 e. The van der Waals surface area contributed by atoms with E-state index in [0.29, 0.717) is 10.8 Å². The van der Waals surface area contributed by atoms with Crippen LogP contribution in [0.3, 0.4) is 0 Å². The predicted octanol–water partition coefficient (Wildman–Crippen LogP) is 2.35. The summed E-state index contributed by atoms with van der Waals surface area (Å²) in [7, 11) is 0. The fraction of sp³-hybridized carbons (Fsp3) is 0.273. The van der Waals surface area contributed by atoms with E-state index in [1.54, 1.807) is 18.3 Å². The van der Waals surface area contributed by atoms with Crippen LogP contribution in [0, 0.1) is 0 Å². The number of aromatic nitrogens is 2. The Hall–Kier alpha value is -1.55. The first-order valence-electron chi connectivity index (χ1n) is 5.01. The molecule has 0 radical (unpaired) electrons. The number of H-pyrrole nitrogens is 1. The van der Waals surface area contributed by atoms with E-state index in [4.69, 9.17) is 11.6 Å². The second kappa shape index (κ2) is 4.14. The molecule has 84 valence electrons. The van der Waals surface area contributed by atoms with Crippen molar-refractivity contribution in [2.75, 3.05) is 0 Å². The van der Waals surface area contributed by atoms with Gasteiger partial charge < -0.3 is 10.3 Å². The zero-order valence-electron chi connectivity index (χ0n) is 9.04. The Bertz CT molecular complexity index is 533. The average molecular weight is 238 g/mol. The SMILES string of the molecule is CC(C)NC(=O)c1cc2cc(Cl)ncc2[nH]1. The molecule has 2 aromatic rings. The molecule has 0 bridgehead atoms. The van der Waals surface area contributed by atoms with Crippen LogP contribution in [-0.2, 0) is 0 Å². The number of hydrogen-bond donors (Lipinski definition) is 2. The second-order valence-electron chi connectivity index (χ2n) is 3.91. The Labute approximate surface area is 98.0 Å². The number of carbonyl (C=O) groups is 1. The number of aromatic amines is 1. The van der Waals surface area contributed by atoms with Crippen molar-refractivity contribution >= 4 is 28.4 Å². The third kappa shape index (κ3) is 2.17. The quantitative estimate of drug-likeness (QED) is 0.788. The number of hydrogen-bond acceptors (Lipinski definition) is 2. The maximum atomic E-state index is 11.7. The average Bonchev–Trinajstić information content (AvgIpc) is 2.59. The second-order valence-corrected chi connectivity index (χ2v) is 4.29. The third-order valence-corrected chi connectivity index (χ3v) is 2.34. The van der Waals surface area contributed by atoms with E-state index in [0.717, 1.165) is 10.9 Å². The van der Waals surface area contributed by atoms with Gasteiger partial charge in [0, 0.05) is 11.4 Å². The van der Waals surface area contributed by atoms with Crippen LogP contribution >= 0.6 is 11.6 Å². The van der Waals surface area contributed by atoms with E-state index in [1.807, 2.05) is 13.8 Å². The molecule has 5 heteroatoms. The summed E-state index contributed by atoms with van der Waals surface area (Å²) in [5, 5.41) is 4.11. The number of pyridine rings is 1. The zero-order chi connectivity index (χ0) is 11.7. The van der Waals surface area contributed by atoms with Crippen LogP contribution in [0.2, 0.25) is 5.15 Å². The molecule has 0 unspecified atom stereocenters. The Morgan fingerprint density at radius 2 is 2.25 bits per heavy atom. The molecule has 0 atom stereocenters. The molecular formula is C11H12ClN3O. The van der Waals surface area contributed by atoms with Gasteiger partial charge in [-0.1, -0.05) is 11.6 Å². The van der Waals surface area contributed by atoms with Crippen molar-refractivity contribution < 1.29 is 4.79 Å². The van der Waals surface area contributed by atoms with E-state index in [2.05, 4.69) is 15.3 Å². The van der Waals surface area contributed by atoms with Gasteiger partial charge in [0.1, 0.15) is 10.8 Å². The molecule has 1 amide bonds. The summed E-state index contributed by atoms with van der Waals surface area (Å²) in [6, 6.07) is 3.60. The zero-order valence-corrected chi connectivity index (χ0v) is 9.80. The minimum Gasteiger partial charge on any atom is -0.349 e. The summed E-state index contributed by atoms with van der Waals surface area (Å²) in [6.07, 6.45) is 1.61. The summed E-state index contributed by atoms with van der Waals surface area (Å²) in [6.45, 7) is 3.83. The Morgan fingerprint density at radius 3 is 2.94 bits per heavy atom. The Morgan fingerprint density at radius 1 is 1.50 bits per heavy atom. The Balaban J connectivity index is 2.36. The van der Waals surface area contributed by atoms with Gasteiger partial charge >= 0.3 is 0 Å². The lowest BCUT2D eigenvalue weighted by Gasteiger charge is -2.05. The smallest absolute Gasteiger partial charge is 0.267 e. The first-order chi connectivity index (χ1) is 7.56. The molecule has 2 aromatic heterocycles. The van der Waals surface area contributed by atoms with Gasteiger partial charge in [0.2, 0.25) is 0 Å². The van der Waals surface area contributed by atoms with Crippen LogP contribution in [0.1, 0.15) is 24.3 Å². The standard InChI is InChI=1S/C11H12ClN3O/c1-6(2)14-11(16)8-3-7-4-10(12)13-5-9(7)15-8/h3-6,15H,1-2H3,(H,14,16). The lowest BCUT2D eigenvalue weighted by molar-refractivity contribution is 0.0939. The number of halogens is 1. The fourth-order valence-corrected chi connectivity index (χ4v) is 1.63. The van der Waals surface area contributed by atoms with Crippen molar-refractivity contribution in [3.8, 4) is 0 Å². The van der Waals surface area contributed by atoms with Gasteiger partial charge in [-0.2, -0.15) is 0 Å². The molecule has 0 saturated heterocycles. The van der Waals surface area contributed by atoms with Gasteiger partial charge in [0.15, 0.2) is 0 Å². The van der Waals surface area contributed by atoms with Crippen LogP contribution in [0.25, 0.3) is 10.9 Å². The van der Waals surface area contributed by atoms with Crippen molar-refractivity contribution in [1.29, 1.82) is 0 Å². The van der Waals surface area contributed by atoms with Gasteiger partial charge in [0.25, 0.3) is 5.91 Å². The number of carbonyl (C=O) groups excluding carboxylic acids is 1. The van der Waals surface area contributed by atoms with Gasteiger partial charge in [-0.25, -0.2) is 4.98 Å². The molecule has 0 aliphatic heterocycles. The van der Waals surface area contributed by atoms with E-state index in [9.17, 15) is 4.79 Å². The van der Waals surface area contributed by atoms with Crippen LogP contribution in [0.4, 0.5) is 0 Å². The number of nitrogens with zero attached hydrogens (tertiary/aromatic N) is 1. The predicted molar refractivity (Wildman–Crippen MR) is 63.7 cm³/mol. The minimum absolute atomic E-state index is 0.112. The summed E-state index contributed by atoms with van der Waals surface area (Å²) in [5.74, 6) is -0.123. The number of nitrogens with one attached hydrogen (secondary N) is 2. The van der Waals surface area contributed by atoms with Gasteiger partial charge in [0.05, 0.1) is 11.7 Å². The molecule has 2 N–H and O–H groups in total. The topological polar surface area (TPSA) is 57.8 Å². The van der Waals surface area contributed by atoms with E-state index in [1.165, 1.54) is 0 Å². The lowest BCUT2D eigenvalue weighted by atomic mass is 10.3. The van der Waals surface area contributed by atoms with Gasteiger partial charge in [-0.15, -0.1) is 0 Å². The first-order valence-corrected chi connectivity index (χ1v) is 5.39. The van der Waals surface area contributed by atoms with Crippen molar-refractivity contribution in [2.45, 2.75) is 19.9 Å². The van der Waals surface area contributed by atoms with E-state index in [-0.39, 0.29) is 11.9 Å². The van der Waals surface area contributed by atoms with Crippen LogP contribution < -0.4 is 5.32 Å². The van der Waals surface area contributed by atoms with Gasteiger partial charge in [-0.3, -0.25) is 4.79 Å². The number of fused-ring (bicyclic) bond motifs is 1. The normalized spacial score (nSPS) is 11.0. The summed E-state index contributed by atoms with van der Waals surface area (Å²) < 4.78 is 0. The number of rotatable bonds is 2. The van der Waals surface area contributed by atoms with Gasteiger partial charge in [-0.05, 0) is 26.0 Å². The third-order valence-electron chi connectivity index (χ3n) is 2.14. The minimum atomic E-state index is -0.123. The lowest BCUT2D eigenvalue weighted by Crippen LogP contribution is -2.30. The molecule has 16 heavy (non-hydrogen) atoms. The molecule has 0 aliphatic carbocycles. The Kier molecular flexibility index (Phi) is 2.83. The molecule has 4 nitrogen and oxygen atoms in total. The summed E-state index contributed by atoms with van der Waals surface area (Å²) in [4.78, 5) is 18.7.